The first-order chi connectivity index (χ1) is 14.8. The monoisotopic (exact) mass is 443 g/mol. The molecule has 0 spiro atoms. The van der Waals surface area contributed by atoms with E-state index in [0.29, 0.717) is 0 Å². The largest absolute Gasteiger partial charge is 0.464 e. The zero-order valence-corrected chi connectivity index (χ0v) is 17.7. The third-order valence-corrected chi connectivity index (χ3v) is 7.31. The molecule has 0 atom stereocenters. The molecule has 1 saturated heterocycles. The number of piperazine rings is 1. The summed E-state index contributed by atoms with van der Waals surface area (Å²) in [6, 6.07) is 10.8. The second-order valence-corrected chi connectivity index (χ2v) is 9.41. The molecule has 0 aliphatic carbocycles. The summed E-state index contributed by atoms with van der Waals surface area (Å²) in [7, 11) is -3.87. The van der Waals surface area contributed by atoms with Gasteiger partial charge >= 0.3 is 0 Å². The Bertz CT molecular complexity index is 1260. The molecule has 0 radical (unpaired) electrons. The van der Waals surface area contributed by atoms with Gasteiger partial charge in [0.1, 0.15) is 5.58 Å². The van der Waals surface area contributed by atoms with Crippen molar-refractivity contribution in [1.29, 1.82) is 0 Å². The van der Waals surface area contributed by atoms with E-state index in [1.807, 2.05) is 25.1 Å². The number of rotatable bonds is 5. The second-order valence-electron chi connectivity index (χ2n) is 7.48. The molecule has 0 saturated carbocycles. The van der Waals surface area contributed by atoms with Crippen LogP contribution in [0.4, 0.5) is 5.69 Å². The molecule has 3 aromatic rings. The molecule has 10 heteroatoms. The number of carbonyl (C=O) groups excluding carboxylic acids is 1. The molecular formula is C21H21N3O6S. The highest BCUT2D eigenvalue weighted by Crippen LogP contribution is 2.25. The van der Waals surface area contributed by atoms with Crippen LogP contribution < -0.4 is 0 Å². The van der Waals surface area contributed by atoms with Crippen molar-refractivity contribution in [2.45, 2.75) is 18.2 Å². The van der Waals surface area contributed by atoms with Crippen molar-refractivity contribution in [3.8, 4) is 0 Å². The lowest BCUT2D eigenvalue weighted by atomic mass is 10.1. The van der Waals surface area contributed by atoms with Crippen LogP contribution in [0.15, 0.2) is 58.0 Å². The average molecular weight is 443 g/mol. The van der Waals surface area contributed by atoms with Crippen LogP contribution in [0.25, 0.3) is 11.0 Å². The molecule has 1 aliphatic heterocycles. The molecule has 1 aromatic heterocycles. The number of sulfonamides is 1. The summed E-state index contributed by atoms with van der Waals surface area (Å²) >= 11 is 0. The van der Waals surface area contributed by atoms with Gasteiger partial charge < -0.3 is 9.32 Å². The highest BCUT2D eigenvalue weighted by atomic mass is 32.2. The number of furan rings is 1. The Hall–Kier alpha value is -3.24. The summed E-state index contributed by atoms with van der Waals surface area (Å²) < 4.78 is 32.5. The summed E-state index contributed by atoms with van der Waals surface area (Å²) in [4.78, 5) is 24.6. The summed E-state index contributed by atoms with van der Waals surface area (Å²) in [6.45, 7) is 2.72. The SMILES string of the molecule is Cc1ccc2c(CC(=O)N3CCN(S(=O)(=O)c4cccc([N+](=O)[O-])c4)CC3)coc2c1. The number of nitro groups is 1. The van der Waals surface area contributed by atoms with Crippen molar-refractivity contribution in [3.63, 3.8) is 0 Å². The summed E-state index contributed by atoms with van der Waals surface area (Å²) in [6.07, 6.45) is 1.76. The lowest BCUT2D eigenvalue weighted by molar-refractivity contribution is -0.385. The van der Waals surface area contributed by atoms with E-state index >= 15 is 0 Å². The Labute approximate surface area is 179 Å². The van der Waals surface area contributed by atoms with Crippen molar-refractivity contribution in [2.75, 3.05) is 26.2 Å². The number of fused-ring (bicyclic) bond motifs is 1. The number of hydrogen-bond donors (Lipinski definition) is 0. The normalized spacial score (nSPS) is 15.3. The molecule has 1 amide bonds. The summed E-state index contributed by atoms with van der Waals surface area (Å²) in [5.74, 6) is -0.101. The lowest BCUT2D eigenvalue weighted by Gasteiger charge is -2.34. The molecule has 0 bridgehead atoms. The van der Waals surface area contributed by atoms with E-state index in [9.17, 15) is 23.3 Å². The number of non-ortho nitro benzene ring substituents is 1. The predicted molar refractivity (Wildman–Crippen MR) is 113 cm³/mol. The first-order valence-corrected chi connectivity index (χ1v) is 11.2. The number of carbonyl (C=O) groups is 1. The third kappa shape index (κ3) is 4.17. The number of aryl methyl sites for hydroxylation is 1. The fourth-order valence-corrected chi connectivity index (χ4v) is 5.15. The van der Waals surface area contributed by atoms with Crippen molar-refractivity contribution in [2.24, 2.45) is 0 Å². The molecule has 0 unspecified atom stereocenters. The fraction of sp³-hybridized carbons (Fsp3) is 0.286. The van der Waals surface area contributed by atoms with Gasteiger partial charge in [-0.3, -0.25) is 14.9 Å². The second kappa shape index (κ2) is 8.12. The van der Waals surface area contributed by atoms with Crippen molar-refractivity contribution in [1.82, 2.24) is 9.21 Å². The van der Waals surface area contributed by atoms with Crippen LogP contribution in [-0.4, -0.2) is 54.6 Å². The number of benzene rings is 2. The molecule has 9 nitrogen and oxygen atoms in total. The Balaban J connectivity index is 1.42. The molecular weight excluding hydrogens is 422 g/mol. The topological polar surface area (TPSA) is 114 Å². The minimum atomic E-state index is -3.87. The van der Waals surface area contributed by atoms with Crippen LogP contribution in [0, 0.1) is 17.0 Å². The lowest BCUT2D eigenvalue weighted by Crippen LogP contribution is -2.50. The Morgan fingerprint density at radius 1 is 1.13 bits per heavy atom. The van der Waals surface area contributed by atoms with Gasteiger partial charge in [-0.1, -0.05) is 18.2 Å². The van der Waals surface area contributed by atoms with Crippen LogP contribution in [0.2, 0.25) is 0 Å². The van der Waals surface area contributed by atoms with Crippen molar-refractivity contribution < 1.29 is 22.6 Å². The van der Waals surface area contributed by atoms with Gasteiger partial charge in [0.25, 0.3) is 5.69 Å². The van der Waals surface area contributed by atoms with Gasteiger partial charge in [0, 0.05) is 49.3 Å². The summed E-state index contributed by atoms with van der Waals surface area (Å²) in [5.41, 5.74) is 2.32. The first kappa shape index (κ1) is 21.0. The minimum absolute atomic E-state index is 0.101. The molecule has 0 N–H and O–H groups in total. The Morgan fingerprint density at radius 3 is 2.58 bits per heavy atom. The Kier molecular flexibility index (Phi) is 5.50. The molecule has 2 heterocycles. The number of hydrogen-bond acceptors (Lipinski definition) is 6. The van der Waals surface area contributed by atoms with Crippen LogP contribution in [0.1, 0.15) is 11.1 Å². The van der Waals surface area contributed by atoms with E-state index in [-0.39, 0.29) is 49.1 Å². The van der Waals surface area contributed by atoms with E-state index in [0.717, 1.165) is 28.2 Å². The fourth-order valence-electron chi connectivity index (χ4n) is 3.69. The number of nitro benzene ring substituents is 1. The van der Waals surface area contributed by atoms with Crippen LogP contribution in [-0.2, 0) is 21.2 Å². The standard InChI is InChI=1S/C21H21N3O6S/c1-15-5-6-19-16(14-30-20(19)11-15)12-21(25)22-7-9-23(10-8-22)31(28,29)18-4-2-3-17(13-18)24(26)27/h2-6,11,13-14H,7-10,12H2,1H3. The third-order valence-electron chi connectivity index (χ3n) is 5.41. The molecule has 4 rings (SSSR count). The summed E-state index contributed by atoms with van der Waals surface area (Å²) in [5, 5.41) is 11.8. The molecule has 2 aromatic carbocycles. The average Bonchev–Trinajstić information content (AvgIpc) is 3.15. The van der Waals surface area contributed by atoms with Crippen LogP contribution >= 0.6 is 0 Å². The maximum atomic E-state index is 12.9. The molecule has 31 heavy (non-hydrogen) atoms. The van der Waals surface area contributed by atoms with E-state index in [2.05, 4.69) is 0 Å². The van der Waals surface area contributed by atoms with E-state index < -0.39 is 14.9 Å². The van der Waals surface area contributed by atoms with E-state index in [1.54, 1.807) is 11.2 Å². The Morgan fingerprint density at radius 2 is 1.87 bits per heavy atom. The highest BCUT2D eigenvalue weighted by Gasteiger charge is 2.31. The first-order valence-electron chi connectivity index (χ1n) is 9.75. The van der Waals surface area contributed by atoms with Gasteiger partial charge in [-0.2, -0.15) is 4.31 Å². The molecule has 1 fully saturated rings. The number of amides is 1. The maximum absolute atomic E-state index is 12.9. The highest BCUT2D eigenvalue weighted by molar-refractivity contribution is 7.89. The van der Waals surface area contributed by atoms with Gasteiger partial charge in [-0.05, 0) is 24.6 Å². The van der Waals surface area contributed by atoms with E-state index in [1.165, 1.54) is 22.5 Å². The molecule has 162 valence electrons. The minimum Gasteiger partial charge on any atom is -0.464 e. The molecule has 1 aliphatic rings. The quantitative estimate of drug-likeness (QED) is 0.442. The van der Waals surface area contributed by atoms with Gasteiger partial charge in [0.15, 0.2) is 0 Å². The van der Waals surface area contributed by atoms with Gasteiger partial charge in [0.2, 0.25) is 15.9 Å². The van der Waals surface area contributed by atoms with Crippen molar-refractivity contribution >= 4 is 32.6 Å². The maximum Gasteiger partial charge on any atom is 0.270 e. The van der Waals surface area contributed by atoms with Gasteiger partial charge in [-0.15, -0.1) is 0 Å². The van der Waals surface area contributed by atoms with Gasteiger partial charge in [-0.25, -0.2) is 8.42 Å². The van der Waals surface area contributed by atoms with E-state index in [4.69, 9.17) is 4.42 Å². The number of nitrogens with zero attached hydrogens (tertiary/aromatic N) is 3. The van der Waals surface area contributed by atoms with Crippen LogP contribution in [0.3, 0.4) is 0 Å². The predicted octanol–water partition coefficient (Wildman–Crippen LogP) is 2.73. The van der Waals surface area contributed by atoms with Crippen LogP contribution in [0.5, 0.6) is 0 Å². The smallest absolute Gasteiger partial charge is 0.270 e. The zero-order chi connectivity index (χ0) is 22.2. The zero-order valence-electron chi connectivity index (χ0n) is 16.9. The van der Waals surface area contributed by atoms with Crippen molar-refractivity contribution in [3.05, 3.63) is 70.0 Å². The van der Waals surface area contributed by atoms with Gasteiger partial charge in [0.05, 0.1) is 22.5 Å².